The van der Waals surface area contributed by atoms with Crippen LogP contribution in [-0.4, -0.2) is 29.1 Å². The van der Waals surface area contributed by atoms with Gasteiger partial charge in [-0.1, -0.05) is 24.3 Å². The highest BCUT2D eigenvalue weighted by atomic mass is 15.1. The molecule has 7 aromatic rings. The summed E-state index contributed by atoms with van der Waals surface area (Å²) in [5.74, 6) is 2.01. The number of aryl methyl sites for hydroxylation is 2. The first-order chi connectivity index (χ1) is 24.6. The zero-order valence-electron chi connectivity index (χ0n) is 27.6. The van der Waals surface area contributed by atoms with Gasteiger partial charge in [0.2, 0.25) is 0 Å². The van der Waals surface area contributed by atoms with Crippen molar-refractivity contribution in [3.05, 3.63) is 157 Å². The van der Waals surface area contributed by atoms with E-state index >= 15 is 0 Å². The Kier molecular flexibility index (Phi) is 7.05. The number of nitrogens with zero attached hydrogens (tertiary/aromatic N) is 8. The highest BCUT2D eigenvalue weighted by Gasteiger charge is 2.28. The van der Waals surface area contributed by atoms with Gasteiger partial charge in [-0.3, -0.25) is 9.97 Å². The van der Waals surface area contributed by atoms with E-state index in [0.717, 1.165) is 79.0 Å². The lowest BCUT2D eigenvalue weighted by Crippen LogP contribution is -2.33. The van der Waals surface area contributed by atoms with Gasteiger partial charge in [0.15, 0.2) is 0 Å². The lowest BCUT2D eigenvalue weighted by molar-refractivity contribution is -0.665. The van der Waals surface area contributed by atoms with Crippen LogP contribution in [0.5, 0.6) is 0 Å². The van der Waals surface area contributed by atoms with Crippen LogP contribution >= 0.6 is 0 Å². The average molecular weight is 649 g/mol. The topological polar surface area (TPSA) is 69.2 Å². The number of pyridine rings is 4. The van der Waals surface area contributed by atoms with Crippen LogP contribution in [-0.2, 0) is 14.1 Å². The van der Waals surface area contributed by atoms with Gasteiger partial charge in [-0.25, -0.2) is 19.1 Å². The van der Waals surface area contributed by atoms with E-state index in [4.69, 9.17) is 19.9 Å². The molecule has 8 bridgehead atoms. The van der Waals surface area contributed by atoms with Crippen LogP contribution in [0.1, 0.15) is 22.8 Å². The Morgan fingerprint density at radius 3 is 1.34 bits per heavy atom. The number of rotatable bonds is 4. The molecule has 0 atom stereocenters. The zero-order valence-corrected chi connectivity index (χ0v) is 27.6. The maximum Gasteiger partial charge on any atom is 0.286 e. The molecule has 0 amide bonds. The molecule has 7 aromatic heterocycles. The van der Waals surface area contributed by atoms with Crippen molar-refractivity contribution in [1.82, 2.24) is 29.1 Å². The average Bonchev–Trinajstić information content (AvgIpc) is 3.93. The van der Waals surface area contributed by atoms with Gasteiger partial charge in [0, 0.05) is 48.8 Å². The third-order valence-electron chi connectivity index (χ3n) is 9.07. The molecule has 50 heavy (non-hydrogen) atoms. The second-order valence-electron chi connectivity index (χ2n) is 12.3. The molecule has 0 unspecified atom stereocenters. The molecular formula is C42H32N8+2. The molecule has 0 aromatic carbocycles. The highest BCUT2D eigenvalue weighted by molar-refractivity contribution is 6.03. The summed E-state index contributed by atoms with van der Waals surface area (Å²) in [6.45, 7) is 0. The Hall–Kier alpha value is -6.80. The van der Waals surface area contributed by atoms with Gasteiger partial charge in [-0.05, 0) is 72.8 Å². The smallest absolute Gasteiger partial charge is 0.256 e. The molecule has 0 radical (unpaired) electrons. The van der Waals surface area contributed by atoms with Crippen LogP contribution in [0.25, 0.3) is 80.5 Å². The van der Waals surface area contributed by atoms with Gasteiger partial charge in [0.05, 0.1) is 71.8 Å². The number of aromatic nitrogens is 8. The van der Waals surface area contributed by atoms with Crippen LogP contribution in [0, 0.1) is 0 Å². The number of fused-ring (bicyclic) bond motifs is 8. The molecule has 2 aliphatic heterocycles. The molecule has 0 saturated heterocycles. The third-order valence-corrected chi connectivity index (χ3v) is 9.07. The first-order valence-electron chi connectivity index (χ1n) is 16.5. The molecule has 0 aliphatic carbocycles. The number of hydrogen-bond acceptors (Lipinski definition) is 4. The maximum absolute atomic E-state index is 5.15. The molecule has 0 spiro atoms. The third kappa shape index (κ3) is 5.11. The van der Waals surface area contributed by atoms with Gasteiger partial charge in [-0.2, -0.15) is 9.13 Å². The Balaban J connectivity index is 1.49. The standard InChI is InChI=1S/C42H32N8/c1-47-23-9-5-13-39(47)49-33-19-20-34(49)26-30-16-18-32(46-30)28-38-42(36-12-4-8-22-44-36)41(35-11-3-7-21-43-35)37(27-31-17-15-29(25-33)45-31)50(38)40-14-6-10-24-48(40)2/h3-28H,1-2H3/q+2. The van der Waals surface area contributed by atoms with Crippen LogP contribution in [0.4, 0.5) is 0 Å². The fourth-order valence-electron chi connectivity index (χ4n) is 6.82. The van der Waals surface area contributed by atoms with E-state index in [-0.39, 0.29) is 0 Å². The summed E-state index contributed by atoms with van der Waals surface area (Å²) in [6.07, 6.45) is 16.1. The molecule has 8 nitrogen and oxygen atoms in total. The van der Waals surface area contributed by atoms with E-state index in [1.807, 2.05) is 48.8 Å². The van der Waals surface area contributed by atoms with Gasteiger partial charge in [0.25, 0.3) is 11.6 Å². The quantitative estimate of drug-likeness (QED) is 0.187. The van der Waals surface area contributed by atoms with Crippen molar-refractivity contribution < 1.29 is 9.13 Å². The summed E-state index contributed by atoms with van der Waals surface area (Å²) in [4.78, 5) is 20.1. The fraction of sp³-hybridized carbons (Fsp3) is 0.0476. The molecule has 2 aliphatic rings. The van der Waals surface area contributed by atoms with E-state index in [2.05, 4.69) is 142 Å². The highest BCUT2D eigenvalue weighted by Crippen LogP contribution is 2.41. The Morgan fingerprint density at radius 2 is 0.900 bits per heavy atom. The van der Waals surface area contributed by atoms with Gasteiger partial charge in [0.1, 0.15) is 22.1 Å². The molecule has 0 saturated carbocycles. The predicted molar refractivity (Wildman–Crippen MR) is 198 cm³/mol. The first kappa shape index (κ1) is 29.3. The van der Waals surface area contributed by atoms with Crippen molar-refractivity contribution in [2.45, 2.75) is 0 Å². The molecule has 0 fully saturated rings. The van der Waals surface area contributed by atoms with Gasteiger partial charge in [-0.15, -0.1) is 0 Å². The monoisotopic (exact) mass is 648 g/mol. The van der Waals surface area contributed by atoms with E-state index in [0.29, 0.717) is 0 Å². The molecule has 9 heterocycles. The largest absolute Gasteiger partial charge is 0.286 e. The summed E-state index contributed by atoms with van der Waals surface area (Å²) >= 11 is 0. The molecule has 9 rings (SSSR count). The Morgan fingerprint density at radius 1 is 0.460 bits per heavy atom. The van der Waals surface area contributed by atoms with Crippen molar-refractivity contribution in [3.8, 4) is 34.2 Å². The van der Waals surface area contributed by atoms with Gasteiger partial charge >= 0.3 is 0 Å². The summed E-state index contributed by atoms with van der Waals surface area (Å²) in [6, 6.07) is 37.3. The fourth-order valence-corrected chi connectivity index (χ4v) is 6.82. The second-order valence-corrected chi connectivity index (χ2v) is 12.3. The van der Waals surface area contributed by atoms with E-state index in [9.17, 15) is 0 Å². The lowest BCUT2D eigenvalue weighted by Gasteiger charge is -2.03. The Labute approximate surface area is 288 Å². The first-order valence-corrected chi connectivity index (χ1v) is 16.5. The maximum atomic E-state index is 5.15. The van der Waals surface area contributed by atoms with Crippen molar-refractivity contribution in [2.24, 2.45) is 14.1 Å². The lowest BCUT2D eigenvalue weighted by atomic mass is 10.0. The molecule has 8 heteroatoms. The summed E-state index contributed by atoms with van der Waals surface area (Å²) in [5, 5.41) is 0. The SMILES string of the molecule is C[n+]1ccccc1-n1c2ccc1cc1nc(cc3c(-c4ccccn4)c(-c4ccccn4)c(cc4nc(c2)C=C4)n3-c2cccc[n+]2C)C=C1. The van der Waals surface area contributed by atoms with E-state index in [1.165, 1.54) is 0 Å². The minimum Gasteiger partial charge on any atom is -0.256 e. The van der Waals surface area contributed by atoms with Crippen LogP contribution < -0.4 is 9.13 Å². The predicted octanol–water partition coefficient (Wildman–Crippen LogP) is 7.35. The number of hydrogen-bond donors (Lipinski definition) is 0. The normalized spacial score (nSPS) is 12.0. The Bertz CT molecular complexity index is 2530. The van der Waals surface area contributed by atoms with Crippen LogP contribution in [0.2, 0.25) is 0 Å². The minimum absolute atomic E-state index is 0.834. The van der Waals surface area contributed by atoms with Crippen molar-refractivity contribution in [3.63, 3.8) is 0 Å². The van der Waals surface area contributed by atoms with Crippen molar-refractivity contribution >= 4 is 46.4 Å². The van der Waals surface area contributed by atoms with Crippen LogP contribution in [0.15, 0.2) is 134 Å². The molecule has 0 N–H and O–H groups in total. The minimum atomic E-state index is 0.834. The summed E-state index contributed by atoms with van der Waals surface area (Å²) in [5.41, 5.74) is 10.9. The molecule has 238 valence electrons. The van der Waals surface area contributed by atoms with Crippen LogP contribution in [0.3, 0.4) is 0 Å². The summed E-state index contributed by atoms with van der Waals surface area (Å²) in [7, 11) is 4.12. The zero-order chi connectivity index (χ0) is 33.6. The molecular weight excluding hydrogens is 617 g/mol. The van der Waals surface area contributed by atoms with Gasteiger partial charge < -0.3 is 0 Å². The van der Waals surface area contributed by atoms with E-state index in [1.54, 1.807) is 0 Å². The summed E-state index contributed by atoms with van der Waals surface area (Å²) < 4.78 is 8.77. The van der Waals surface area contributed by atoms with E-state index < -0.39 is 0 Å². The van der Waals surface area contributed by atoms with Crippen molar-refractivity contribution in [1.29, 1.82) is 0 Å². The second kappa shape index (κ2) is 12.0. The van der Waals surface area contributed by atoms with Crippen molar-refractivity contribution in [2.75, 3.05) is 0 Å².